The third-order valence-electron chi connectivity index (χ3n) is 4.69. The minimum absolute atomic E-state index is 0.131. The van der Waals surface area contributed by atoms with E-state index in [0.29, 0.717) is 20.8 Å². The molecule has 0 saturated heterocycles. The highest BCUT2D eigenvalue weighted by Crippen LogP contribution is 2.25. The SMILES string of the molecule is Cc1cc(/C=N/NC(=O)c2cc3cc(Cl)ccc3o2)c(C)n1-c1ccc(Br)cc1F. The number of furan rings is 1. The van der Waals surface area contributed by atoms with Gasteiger partial charge in [-0.2, -0.15) is 5.10 Å². The first kappa shape index (κ1) is 20.4. The van der Waals surface area contributed by atoms with Gasteiger partial charge in [0, 0.05) is 31.8 Å². The van der Waals surface area contributed by atoms with Gasteiger partial charge in [-0.3, -0.25) is 4.79 Å². The van der Waals surface area contributed by atoms with E-state index in [1.54, 1.807) is 41.0 Å². The average Bonchev–Trinajstić information content (AvgIpc) is 3.23. The van der Waals surface area contributed by atoms with Crippen LogP contribution in [0, 0.1) is 19.7 Å². The molecule has 0 radical (unpaired) electrons. The summed E-state index contributed by atoms with van der Waals surface area (Å²) in [5.74, 6) is -0.689. The van der Waals surface area contributed by atoms with Crippen LogP contribution in [0.5, 0.6) is 0 Å². The first-order valence-electron chi connectivity index (χ1n) is 9.00. The molecule has 152 valence electrons. The number of benzene rings is 2. The molecule has 30 heavy (non-hydrogen) atoms. The van der Waals surface area contributed by atoms with Crippen LogP contribution in [0.3, 0.4) is 0 Å². The van der Waals surface area contributed by atoms with Crippen molar-refractivity contribution in [1.82, 2.24) is 9.99 Å². The lowest BCUT2D eigenvalue weighted by molar-refractivity contribution is 0.0929. The predicted octanol–water partition coefficient (Wildman–Crippen LogP) is 6.16. The molecule has 0 unspecified atom stereocenters. The molecule has 0 aliphatic rings. The molecular formula is C22H16BrClFN3O2. The highest BCUT2D eigenvalue weighted by Gasteiger charge is 2.14. The molecule has 1 amide bonds. The Bertz CT molecular complexity index is 1310. The summed E-state index contributed by atoms with van der Waals surface area (Å²) >= 11 is 9.22. The smallest absolute Gasteiger partial charge is 0.307 e. The molecule has 0 bridgehead atoms. The van der Waals surface area contributed by atoms with E-state index in [-0.39, 0.29) is 11.6 Å². The van der Waals surface area contributed by atoms with Crippen molar-refractivity contribution in [1.29, 1.82) is 0 Å². The first-order chi connectivity index (χ1) is 14.3. The van der Waals surface area contributed by atoms with Crippen LogP contribution < -0.4 is 5.43 Å². The monoisotopic (exact) mass is 487 g/mol. The number of hydrazone groups is 1. The zero-order valence-electron chi connectivity index (χ0n) is 16.0. The van der Waals surface area contributed by atoms with Crippen molar-refractivity contribution in [3.63, 3.8) is 0 Å². The molecule has 0 aliphatic carbocycles. The summed E-state index contributed by atoms with van der Waals surface area (Å²) < 4.78 is 22.4. The second kappa shape index (κ2) is 8.08. The highest BCUT2D eigenvalue weighted by molar-refractivity contribution is 9.10. The standard InChI is InChI=1S/C22H16BrClFN3O2/c1-12-7-15(13(2)28(12)19-5-3-16(23)10-18(19)25)11-26-27-22(29)21-9-14-8-17(24)4-6-20(14)30-21/h3-11H,1-2H3,(H,27,29)/b26-11+. The van der Waals surface area contributed by atoms with Gasteiger partial charge in [-0.1, -0.05) is 27.5 Å². The van der Waals surface area contributed by atoms with Gasteiger partial charge in [0.05, 0.1) is 11.9 Å². The highest BCUT2D eigenvalue weighted by atomic mass is 79.9. The minimum atomic E-state index is -0.480. The van der Waals surface area contributed by atoms with Crippen molar-refractivity contribution in [2.75, 3.05) is 0 Å². The predicted molar refractivity (Wildman–Crippen MR) is 119 cm³/mol. The number of carbonyl (C=O) groups is 1. The van der Waals surface area contributed by atoms with E-state index in [1.165, 1.54) is 12.3 Å². The van der Waals surface area contributed by atoms with Crippen LogP contribution in [-0.2, 0) is 0 Å². The number of carbonyl (C=O) groups excluding carboxylic acids is 1. The van der Waals surface area contributed by atoms with Crippen molar-refractivity contribution >= 4 is 50.6 Å². The maximum Gasteiger partial charge on any atom is 0.307 e. The summed E-state index contributed by atoms with van der Waals surface area (Å²) in [5, 5.41) is 5.32. The van der Waals surface area contributed by atoms with Gasteiger partial charge in [0.1, 0.15) is 11.4 Å². The van der Waals surface area contributed by atoms with Crippen LogP contribution in [-0.4, -0.2) is 16.7 Å². The van der Waals surface area contributed by atoms with Gasteiger partial charge >= 0.3 is 5.91 Å². The molecule has 8 heteroatoms. The molecule has 5 nitrogen and oxygen atoms in total. The normalized spacial score (nSPS) is 11.5. The number of aromatic nitrogens is 1. The zero-order valence-corrected chi connectivity index (χ0v) is 18.4. The van der Waals surface area contributed by atoms with Crippen molar-refractivity contribution in [3.05, 3.63) is 86.6 Å². The van der Waals surface area contributed by atoms with Crippen LogP contribution in [0.4, 0.5) is 4.39 Å². The third kappa shape index (κ3) is 3.91. The fourth-order valence-electron chi connectivity index (χ4n) is 3.29. The molecule has 1 N–H and O–H groups in total. The minimum Gasteiger partial charge on any atom is -0.451 e. The molecule has 0 atom stereocenters. The number of amides is 1. The molecule has 0 spiro atoms. The second-order valence-corrected chi connectivity index (χ2v) is 8.10. The van der Waals surface area contributed by atoms with Crippen LogP contribution >= 0.6 is 27.5 Å². The van der Waals surface area contributed by atoms with Gasteiger partial charge < -0.3 is 8.98 Å². The van der Waals surface area contributed by atoms with E-state index >= 15 is 0 Å². The number of rotatable bonds is 4. The molecule has 0 aliphatic heterocycles. The Morgan fingerprint density at radius 2 is 2.00 bits per heavy atom. The Kier molecular flexibility index (Phi) is 5.49. The van der Waals surface area contributed by atoms with Gasteiger partial charge in [-0.15, -0.1) is 0 Å². The molecule has 4 aromatic rings. The number of hydrogen-bond donors (Lipinski definition) is 1. The number of halogens is 3. The zero-order chi connectivity index (χ0) is 21.4. The Balaban J connectivity index is 1.54. The first-order valence-corrected chi connectivity index (χ1v) is 10.2. The number of nitrogens with one attached hydrogen (secondary N) is 1. The Hall–Kier alpha value is -2.90. The molecule has 0 saturated carbocycles. The maximum absolute atomic E-state index is 14.4. The van der Waals surface area contributed by atoms with Gasteiger partial charge in [-0.25, -0.2) is 9.82 Å². The van der Waals surface area contributed by atoms with Gasteiger partial charge in [-0.05, 0) is 62.4 Å². The van der Waals surface area contributed by atoms with Gasteiger partial charge in [0.25, 0.3) is 0 Å². The van der Waals surface area contributed by atoms with Gasteiger partial charge in [0.2, 0.25) is 0 Å². The van der Waals surface area contributed by atoms with Crippen molar-refractivity contribution < 1.29 is 13.6 Å². The van der Waals surface area contributed by atoms with Crippen LogP contribution in [0.15, 0.2) is 62.5 Å². The van der Waals surface area contributed by atoms with Crippen LogP contribution in [0.1, 0.15) is 27.5 Å². The summed E-state index contributed by atoms with van der Waals surface area (Å²) in [4.78, 5) is 12.3. The van der Waals surface area contributed by atoms with Crippen molar-refractivity contribution in [2.45, 2.75) is 13.8 Å². The summed E-state index contributed by atoms with van der Waals surface area (Å²) in [7, 11) is 0. The Labute approximate surface area is 185 Å². The second-order valence-electron chi connectivity index (χ2n) is 6.75. The molecule has 2 heterocycles. The van der Waals surface area contributed by atoms with Crippen molar-refractivity contribution in [2.24, 2.45) is 5.10 Å². The summed E-state index contributed by atoms with van der Waals surface area (Å²) in [6.45, 7) is 3.74. The quantitative estimate of drug-likeness (QED) is 0.276. The topological polar surface area (TPSA) is 59.5 Å². The number of nitrogens with zero attached hydrogens (tertiary/aromatic N) is 2. The van der Waals surface area contributed by atoms with Gasteiger partial charge in [0.15, 0.2) is 5.76 Å². The fourth-order valence-corrected chi connectivity index (χ4v) is 3.81. The lowest BCUT2D eigenvalue weighted by Gasteiger charge is -2.11. The molecule has 2 aromatic heterocycles. The van der Waals surface area contributed by atoms with Crippen molar-refractivity contribution in [3.8, 4) is 5.69 Å². The summed E-state index contributed by atoms with van der Waals surface area (Å²) in [5.41, 5.74) is 5.85. The lowest BCUT2D eigenvalue weighted by atomic mass is 10.2. The van der Waals surface area contributed by atoms with E-state index in [1.807, 2.05) is 19.9 Å². The lowest BCUT2D eigenvalue weighted by Crippen LogP contribution is -2.16. The molecule has 4 rings (SSSR count). The number of aryl methyl sites for hydroxylation is 1. The maximum atomic E-state index is 14.4. The van der Waals surface area contributed by atoms with E-state index in [2.05, 4.69) is 26.5 Å². The number of fused-ring (bicyclic) bond motifs is 1. The fraction of sp³-hybridized carbons (Fsp3) is 0.0909. The largest absolute Gasteiger partial charge is 0.451 e. The molecule has 2 aromatic carbocycles. The Morgan fingerprint density at radius 1 is 1.20 bits per heavy atom. The average molecular weight is 489 g/mol. The van der Waals surface area contributed by atoms with Crippen LogP contribution in [0.2, 0.25) is 5.02 Å². The van der Waals surface area contributed by atoms with Crippen LogP contribution in [0.25, 0.3) is 16.7 Å². The summed E-state index contributed by atoms with van der Waals surface area (Å²) in [6, 6.07) is 13.5. The third-order valence-corrected chi connectivity index (χ3v) is 5.42. The van der Waals surface area contributed by atoms with E-state index < -0.39 is 5.91 Å². The molecule has 0 fully saturated rings. The Morgan fingerprint density at radius 3 is 2.77 bits per heavy atom. The summed E-state index contributed by atoms with van der Waals surface area (Å²) in [6.07, 6.45) is 1.52. The van der Waals surface area contributed by atoms with E-state index in [0.717, 1.165) is 22.3 Å². The number of hydrogen-bond acceptors (Lipinski definition) is 3. The molecular weight excluding hydrogens is 473 g/mol. The van der Waals surface area contributed by atoms with E-state index in [9.17, 15) is 9.18 Å². The van der Waals surface area contributed by atoms with E-state index in [4.69, 9.17) is 16.0 Å².